The molecule has 0 amide bonds. The summed E-state index contributed by atoms with van der Waals surface area (Å²) in [6.07, 6.45) is 2.51. The van der Waals surface area contributed by atoms with E-state index in [9.17, 15) is 0 Å². The number of rotatable bonds is 3. The maximum Gasteiger partial charge on any atom is 0.200 e. The quantitative estimate of drug-likeness (QED) is 0.769. The number of nitrogen functional groups attached to an aromatic ring is 1. The van der Waals surface area contributed by atoms with E-state index in [-0.39, 0.29) is 6.10 Å². The molecule has 12 heavy (non-hydrogen) atoms. The highest BCUT2D eigenvalue weighted by Crippen LogP contribution is 2.42. The van der Waals surface area contributed by atoms with Gasteiger partial charge in [-0.3, -0.25) is 0 Å². The average molecular weight is 185 g/mol. The number of nitrogens with zero attached hydrogens (tertiary/aromatic N) is 2. The highest BCUT2D eigenvalue weighted by atomic mass is 32.1. The van der Waals surface area contributed by atoms with E-state index in [2.05, 4.69) is 9.36 Å². The number of anilines is 1. The van der Waals surface area contributed by atoms with E-state index in [1.54, 1.807) is 7.11 Å². The van der Waals surface area contributed by atoms with Gasteiger partial charge in [-0.15, -0.1) is 0 Å². The zero-order valence-electron chi connectivity index (χ0n) is 6.86. The SMILES string of the molecule is COC(c1nsc(N)n1)C1CC1. The van der Waals surface area contributed by atoms with Gasteiger partial charge in [0.15, 0.2) is 11.0 Å². The highest BCUT2D eigenvalue weighted by molar-refractivity contribution is 7.09. The van der Waals surface area contributed by atoms with Gasteiger partial charge >= 0.3 is 0 Å². The van der Waals surface area contributed by atoms with Crippen LogP contribution in [0.4, 0.5) is 5.13 Å². The van der Waals surface area contributed by atoms with Crippen molar-refractivity contribution < 1.29 is 4.74 Å². The molecule has 0 spiro atoms. The number of methoxy groups -OCH3 is 1. The Labute approximate surface area is 74.9 Å². The Morgan fingerprint density at radius 3 is 2.83 bits per heavy atom. The number of ether oxygens (including phenoxy) is 1. The first-order chi connectivity index (χ1) is 5.81. The van der Waals surface area contributed by atoms with Crippen molar-refractivity contribution in [1.82, 2.24) is 9.36 Å². The zero-order valence-corrected chi connectivity index (χ0v) is 7.67. The fourth-order valence-electron chi connectivity index (χ4n) is 1.27. The van der Waals surface area contributed by atoms with Gasteiger partial charge in [0, 0.05) is 18.6 Å². The molecule has 1 aromatic heterocycles. The summed E-state index contributed by atoms with van der Waals surface area (Å²) in [6, 6.07) is 0. The third-order valence-electron chi connectivity index (χ3n) is 2.02. The molecule has 0 bridgehead atoms. The van der Waals surface area contributed by atoms with E-state index in [1.165, 1.54) is 24.4 Å². The van der Waals surface area contributed by atoms with Crippen LogP contribution in [0.3, 0.4) is 0 Å². The third kappa shape index (κ3) is 1.42. The van der Waals surface area contributed by atoms with Gasteiger partial charge in [-0.05, 0) is 18.8 Å². The van der Waals surface area contributed by atoms with Crippen LogP contribution in [-0.4, -0.2) is 16.5 Å². The largest absolute Gasteiger partial charge is 0.374 e. The van der Waals surface area contributed by atoms with Gasteiger partial charge in [0.1, 0.15) is 6.10 Å². The minimum atomic E-state index is 0.0681. The molecule has 1 heterocycles. The summed E-state index contributed by atoms with van der Waals surface area (Å²) in [5, 5.41) is 0.521. The fraction of sp³-hybridized carbons (Fsp3) is 0.714. The number of aromatic nitrogens is 2. The summed E-state index contributed by atoms with van der Waals surface area (Å²) in [6.45, 7) is 0. The lowest BCUT2D eigenvalue weighted by atomic mass is 10.2. The molecular formula is C7H11N3OS. The van der Waals surface area contributed by atoms with Gasteiger partial charge in [0.2, 0.25) is 0 Å². The molecule has 1 aliphatic rings. The van der Waals surface area contributed by atoms with Gasteiger partial charge in [-0.2, -0.15) is 4.37 Å². The van der Waals surface area contributed by atoms with E-state index in [0.717, 1.165) is 5.82 Å². The predicted octanol–water partition coefficient (Wildman–Crippen LogP) is 1.22. The molecule has 0 saturated heterocycles. The van der Waals surface area contributed by atoms with Gasteiger partial charge in [0.25, 0.3) is 0 Å². The molecule has 66 valence electrons. The summed E-state index contributed by atoms with van der Waals surface area (Å²) < 4.78 is 9.43. The third-order valence-corrected chi connectivity index (χ3v) is 2.57. The van der Waals surface area contributed by atoms with Crippen molar-refractivity contribution in [3.63, 3.8) is 0 Å². The summed E-state index contributed by atoms with van der Waals surface area (Å²) in [5.74, 6) is 1.37. The second kappa shape index (κ2) is 2.99. The molecule has 1 fully saturated rings. The first kappa shape index (κ1) is 7.94. The molecule has 5 heteroatoms. The molecule has 2 N–H and O–H groups in total. The minimum absolute atomic E-state index is 0.0681. The maximum atomic E-state index is 5.48. The van der Waals surface area contributed by atoms with Gasteiger partial charge in [-0.1, -0.05) is 0 Å². The first-order valence-corrected chi connectivity index (χ1v) is 4.70. The van der Waals surface area contributed by atoms with Crippen molar-refractivity contribution in [2.24, 2.45) is 5.92 Å². The van der Waals surface area contributed by atoms with E-state index in [1.807, 2.05) is 0 Å². The van der Waals surface area contributed by atoms with Gasteiger partial charge in [-0.25, -0.2) is 4.98 Å². The lowest BCUT2D eigenvalue weighted by molar-refractivity contribution is 0.0783. The van der Waals surface area contributed by atoms with Crippen molar-refractivity contribution in [2.75, 3.05) is 12.8 Å². The molecular weight excluding hydrogens is 174 g/mol. The summed E-state index contributed by atoms with van der Waals surface area (Å²) in [5.41, 5.74) is 5.48. The van der Waals surface area contributed by atoms with Crippen molar-refractivity contribution in [3.8, 4) is 0 Å². The standard InChI is InChI=1S/C7H11N3OS/c1-11-5(4-2-3-4)6-9-7(8)12-10-6/h4-5H,2-3H2,1H3,(H2,8,9,10). The lowest BCUT2D eigenvalue weighted by Gasteiger charge is -2.08. The topological polar surface area (TPSA) is 61.0 Å². The van der Waals surface area contributed by atoms with Crippen LogP contribution >= 0.6 is 11.5 Å². The van der Waals surface area contributed by atoms with Crippen LogP contribution in [0.1, 0.15) is 24.8 Å². The number of nitrogens with two attached hydrogens (primary N) is 1. The van der Waals surface area contributed by atoms with Crippen LogP contribution in [0.5, 0.6) is 0 Å². The Morgan fingerprint density at radius 2 is 2.42 bits per heavy atom. The van der Waals surface area contributed by atoms with Gasteiger partial charge < -0.3 is 10.5 Å². The van der Waals surface area contributed by atoms with Crippen LogP contribution < -0.4 is 5.73 Å². The Morgan fingerprint density at radius 1 is 1.67 bits per heavy atom. The smallest absolute Gasteiger partial charge is 0.200 e. The zero-order chi connectivity index (χ0) is 8.55. The Bertz CT molecular complexity index is 271. The molecule has 0 aromatic carbocycles. The van der Waals surface area contributed by atoms with Crippen LogP contribution in [-0.2, 0) is 4.74 Å². The van der Waals surface area contributed by atoms with Crippen LogP contribution in [0, 0.1) is 5.92 Å². The van der Waals surface area contributed by atoms with Crippen molar-refractivity contribution in [3.05, 3.63) is 5.82 Å². The number of hydrogen-bond acceptors (Lipinski definition) is 5. The summed E-state index contributed by atoms with van der Waals surface area (Å²) in [4.78, 5) is 4.10. The normalized spacial score (nSPS) is 19.4. The second-order valence-corrected chi connectivity index (χ2v) is 3.77. The van der Waals surface area contributed by atoms with E-state index < -0.39 is 0 Å². The molecule has 4 nitrogen and oxygen atoms in total. The Kier molecular flexibility index (Phi) is 1.98. The first-order valence-electron chi connectivity index (χ1n) is 3.93. The average Bonchev–Trinajstić information content (AvgIpc) is 2.78. The molecule has 1 saturated carbocycles. The maximum absolute atomic E-state index is 5.48. The minimum Gasteiger partial charge on any atom is -0.374 e. The van der Waals surface area contributed by atoms with E-state index >= 15 is 0 Å². The lowest BCUT2D eigenvalue weighted by Crippen LogP contribution is -2.05. The van der Waals surface area contributed by atoms with E-state index in [0.29, 0.717) is 11.0 Å². The molecule has 0 aliphatic heterocycles. The van der Waals surface area contributed by atoms with Crippen molar-refractivity contribution in [1.29, 1.82) is 0 Å². The molecule has 1 unspecified atom stereocenters. The van der Waals surface area contributed by atoms with Gasteiger partial charge in [0.05, 0.1) is 0 Å². The predicted molar refractivity (Wildman–Crippen MR) is 46.8 cm³/mol. The highest BCUT2D eigenvalue weighted by Gasteiger charge is 2.34. The molecule has 0 radical (unpaired) electrons. The van der Waals surface area contributed by atoms with Crippen LogP contribution in [0.2, 0.25) is 0 Å². The summed E-state index contributed by atoms with van der Waals surface area (Å²) in [7, 11) is 1.69. The fourth-order valence-corrected chi connectivity index (χ4v) is 1.74. The monoisotopic (exact) mass is 185 g/mol. The van der Waals surface area contributed by atoms with Crippen molar-refractivity contribution in [2.45, 2.75) is 18.9 Å². The summed E-state index contributed by atoms with van der Waals surface area (Å²) >= 11 is 1.23. The molecule has 1 aromatic rings. The van der Waals surface area contributed by atoms with Crippen LogP contribution in [0.15, 0.2) is 0 Å². The molecule has 1 atom stereocenters. The Hall–Kier alpha value is -0.680. The Balaban J connectivity index is 2.15. The molecule has 2 rings (SSSR count). The van der Waals surface area contributed by atoms with Crippen molar-refractivity contribution >= 4 is 16.7 Å². The van der Waals surface area contributed by atoms with Crippen LogP contribution in [0.25, 0.3) is 0 Å². The number of hydrogen-bond donors (Lipinski definition) is 1. The van der Waals surface area contributed by atoms with E-state index in [4.69, 9.17) is 10.5 Å². The molecule has 1 aliphatic carbocycles. The second-order valence-electron chi connectivity index (χ2n) is 2.98.